The smallest absolute Gasteiger partial charge is 0.251 e. The Kier molecular flexibility index (Phi) is 8.09. The number of hydrogen-bond acceptors (Lipinski definition) is 3. The van der Waals surface area contributed by atoms with Crippen molar-refractivity contribution in [1.29, 1.82) is 0 Å². The Labute approximate surface area is 158 Å². The molecular weight excluding hydrogens is 347 g/mol. The minimum atomic E-state index is -0.245. The maximum absolute atomic E-state index is 13.2. The second-order valence-corrected chi connectivity index (χ2v) is 5.87. The van der Waals surface area contributed by atoms with Crippen LogP contribution in [0.5, 0.6) is 5.75 Å². The lowest BCUT2D eigenvalue weighted by Crippen LogP contribution is -2.41. The van der Waals surface area contributed by atoms with Crippen molar-refractivity contribution in [3.63, 3.8) is 0 Å². The molecule has 2 rings (SSSR count). The Morgan fingerprint density at radius 3 is 2.52 bits per heavy atom. The highest BCUT2D eigenvalue weighted by Crippen LogP contribution is 2.09. The third kappa shape index (κ3) is 7.35. The first-order chi connectivity index (χ1) is 13.1. The van der Waals surface area contributed by atoms with Crippen LogP contribution >= 0.6 is 0 Å². The van der Waals surface area contributed by atoms with E-state index in [9.17, 15) is 14.3 Å². The fourth-order valence-electron chi connectivity index (χ4n) is 2.40. The van der Waals surface area contributed by atoms with Gasteiger partial charge in [-0.1, -0.05) is 12.1 Å². The summed E-state index contributed by atoms with van der Waals surface area (Å²) in [5, 5.41) is 18.3. The summed E-state index contributed by atoms with van der Waals surface area (Å²) in [6, 6.07) is 12.6. The summed E-state index contributed by atoms with van der Waals surface area (Å²) in [7, 11) is 0. The van der Waals surface area contributed by atoms with Crippen LogP contribution in [0, 0.1) is 5.82 Å². The number of benzene rings is 2. The van der Waals surface area contributed by atoms with Crippen molar-refractivity contribution in [1.82, 2.24) is 16.0 Å². The predicted molar refractivity (Wildman–Crippen MR) is 105 cm³/mol. The number of carbonyl (C=O) groups excluding carboxylic acids is 1. The molecule has 0 saturated heterocycles. The van der Waals surface area contributed by atoms with E-state index in [1.807, 2.05) is 13.0 Å². The average molecular weight is 372 g/mol. The van der Waals surface area contributed by atoms with Crippen LogP contribution in [-0.4, -0.2) is 43.2 Å². The molecule has 0 atom stereocenters. The summed E-state index contributed by atoms with van der Waals surface area (Å²) in [6.07, 6.45) is 0.645. The van der Waals surface area contributed by atoms with Gasteiger partial charge in [-0.2, -0.15) is 0 Å². The van der Waals surface area contributed by atoms with Crippen molar-refractivity contribution in [3.8, 4) is 5.75 Å². The zero-order chi connectivity index (χ0) is 19.5. The number of rotatable bonds is 8. The summed E-state index contributed by atoms with van der Waals surface area (Å²) in [5.41, 5.74) is 1.39. The van der Waals surface area contributed by atoms with Crippen LogP contribution in [0.3, 0.4) is 0 Å². The van der Waals surface area contributed by atoms with Crippen LogP contribution in [0.15, 0.2) is 53.5 Å². The molecule has 0 heterocycles. The Bertz CT molecular complexity index is 763. The van der Waals surface area contributed by atoms with Crippen LogP contribution in [-0.2, 0) is 6.42 Å². The third-order valence-corrected chi connectivity index (χ3v) is 3.74. The number of nitrogens with zero attached hydrogens (tertiary/aromatic N) is 1. The third-order valence-electron chi connectivity index (χ3n) is 3.74. The van der Waals surface area contributed by atoms with Crippen molar-refractivity contribution in [2.75, 3.05) is 26.2 Å². The standard InChI is InChI=1S/C20H25FN4O2/c1-2-22-20(24-11-10-15-4-3-5-17(21)14-15)25-13-12-23-19(27)16-6-8-18(26)9-7-16/h3-9,14,26H,2,10-13H2,1H3,(H,23,27)(H2,22,24,25). The monoisotopic (exact) mass is 372 g/mol. The van der Waals surface area contributed by atoms with Crippen LogP contribution in [0.25, 0.3) is 0 Å². The number of halogens is 1. The van der Waals surface area contributed by atoms with Gasteiger partial charge in [-0.25, -0.2) is 4.39 Å². The summed E-state index contributed by atoms with van der Waals surface area (Å²) < 4.78 is 13.2. The van der Waals surface area contributed by atoms with Gasteiger partial charge in [0.15, 0.2) is 5.96 Å². The number of amides is 1. The largest absolute Gasteiger partial charge is 0.508 e. The number of carbonyl (C=O) groups is 1. The van der Waals surface area contributed by atoms with Crippen molar-refractivity contribution < 1.29 is 14.3 Å². The molecule has 0 fully saturated rings. The molecule has 2 aromatic rings. The zero-order valence-corrected chi connectivity index (χ0v) is 15.3. The van der Waals surface area contributed by atoms with Gasteiger partial charge in [0.25, 0.3) is 5.91 Å². The number of aliphatic imine (C=N–C) groups is 1. The number of phenols is 1. The number of phenolic OH excluding ortho intramolecular Hbond substituents is 1. The summed E-state index contributed by atoms with van der Waals surface area (Å²) in [6.45, 7) is 4.14. The molecule has 4 N–H and O–H groups in total. The Morgan fingerprint density at radius 2 is 1.81 bits per heavy atom. The van der Waals surface area contributed by atoms with Gasteiger partial charge in [0.1, 0.15) is 11.6 Å². The average Bonchev–Trinajstić information content (AvgIpc) is 2.65. The minimum Gasteiger partial charge on any atom is -0.508 e. The van der Waals surface area contributed by atoms with Gasteiger partial charge in [0.2, 0.25) is 0 Å². The van der Waals surface area contributed by atoms with Gasteiger partial charge in [0, 0.05) is 31.7 Å². The fraction of sp³-hybridized carbons (Fsp3) is 0.300. The van der Waals surface area contributed by atoms with Gasteiger partial charge in [-0.05, 0) is 55.3 Å². The zero-order valence-electron chi connectivity index (χ0n) is 15.3. The number of guanidine groups is 1. The van der Waals surface area contributed by atoms with E-state index in [1.165, 1.54) is 24.3 Å². The first kappa shape index (κ1) is 20.2. The molecular formula is C20H25FN4O2. The molecule has 0 spiro atoms. The minimum absolute atomic E-state index is 0.123. The van der Waals surface area contributed by atoms with Gasteiger partial charge < -0.3 is 21.1 Å². The second kappa shape index (κ2) is 10.8. The number of nitrogens with one attached hydrogen (secondary N) is 3. The first-order valence-electron chi connectivity index (χ1n) is 8.92. The molecule has 0 aromatic heterocycles. The molecule has 1 amide bonds. The molecule has 0 unspecified atom stereocenters. The summed E-state index contributed by atoms with van der Waals surface area (Å²) >= 11 is 0. The lowest BCUT2D eigenvalue weighted by molar-refractivity contribution is 0.0954. The SMILES string of the molecule is CCNC(=NCCc1cccc(F)c1)NCCNC(=O)c1ccc(O)cc1. The summed E-state index contributed by atoms with van der Waals surface area (Å²) in [4.78, 5) is 16.4. The van der Waals surface area contributed by atoms with E-state index in [0.29, 0.717) is 44.1 Å². The molecule has 0 radical (unpaired) electrons. The van der Waals surface area contributed by atoms with Gasteiger partial charge in [0.05, 0.1) is 0 Å². The second-order valence-electron chi connectivity index (χ2n) is 5.87. The van der Waals surface area contributed by atoms with E-state index in [2.05, 4.69) is 20.9 Å². The van der Waals surface area contributed by atoms with Crippen molar-refractivity contribution in [2.45, 2.75) is 13.3 Å². The molecule has 0 aliphatic carbocycles. The van der Waals surface area contributed by atoms with Crippen LogP contribution in [0.1, 0.15) is 22.8 Å². The van der Waals surface area contributed by atoms with Gasteiger partial charge in [-0.3, -0.25) is 9.79 Å². The maximum Gasteiger partial charge on any atom is 0.251 e. The fourth-order valence-corrected chi connectivity index (χ4v) is 2.40. The van der Waals surface area contributed by atoms with Gasteiger partial charge in [-0.15, -0.1) is 0 Å². The highest BCUT2D eigenvalue weighted by atomic mass is 19.1. The highest BCUT2D eigenvalue weighted by Gasteiger charge is 2.04. The quantitative estimate of drug-likeness (QED) is 0.325. The van der Waals surface area contributed by atoms with E-state index in [4.69, 9.17) is 0 Å². The highest BCUT2D eigenvalue weighted by molar-refractivity contribution is 5.94. The van der Waals surface area contributed by atoms with E-state index in [1.54, 1.807) is 18.2 Å². The normalized spacial score (nSPS) is 11.1. The Hall–Kier alpha value is -3.09. The Balaban J connectivity index is 1.74. The Morgan fingerprint density at radius 1 is 1.07 bits per heavy atom. The molecule has 7 heteroatoms. The van der Waals surface area contributed by atoms with Crippen LogP contribution in [0.4, 0.5) is 4.39 Å². The number of hydrogen-bond donors (Lipinski definition) is 4. The number of aromatic hydroxyl groups is 1. The molecule has 0 bridgehead atoms. The van der Waals surface area contributed by atoms with E-state index >= 15 is 0 Å². The van der Waals surface area contributed by atoms with Gasteiger partial charge >= 0.3 is 0 Å². The van der Waals surface area contributed by atoms with E-state index in [-0.39, 0.29) is 17.5 Å². The maximum atomic E-state index is 13.2. The molecule has 144 valence electrons. The molecule has 0 aliphatic heterocycles. The lowest BCUT2D eigenvalue weighted by atomic mass is 10.1. The lowest BCUT2D eigenvalue weighted by Gasteiger charge is -2.12. The van der Waals surface area contributed by atoms with Crippen LogP contribution in [0.2, 0.25) is 0 Å². The molecule has 2 aromatic carbocycles. The van der Waals surface area contributed by atoms with Crippen molar-refractivity contribution >= 4 is 11.9 Å². The van der Waals surface area contributed by atoms with Crippen molar-refractivity contribution in [2.24, 2.45) is 4.99 Å². The van der Waals surface area contributed by atoms with E-state index < -0.39 is 0 Å². The molecule has 6 nitrogen and oxygen atoms in total. The molecule has 27 heavy (non-hydrogen) atoms. The van der Waals surface area contributed by atoms with Crippen molar-refractivity contribution in [3.05, 3.63) is 65.5 Å². The van der Waals surface area contributed by atoms with E-state index in [0.717, 1.165) is 5.56 Å². The topological polar surface area (TPSA) is 85.8 Å². The van der Waals surface area contributed by atoms with Crippen LogP contribution < -0.4 is 16.0 Å². The first-order valence-corrected chi connectivity index (χ1v) is 8.92. The summed E-state index contributed by atoms with van der Waals surface area (Å²) in [5.74, 6) is 0.321. The molecule has 0 aliphatic rings. The predicted octanol–water partition coefficient (Wildman–Crippen LogP) is 2.06. The molecule has 0 saturated carbocycles.